The van der Waals surface area contributed by atoms with Crippen molar-refractivity contribution in [1.29, 1.82) is 0 Å². The molecule has 12 aromatic rings. The van der Waals surface area contributed by atoms with E-state index >= 15 is 0 Å². The molecule has 6 aromatic carbocycles. The zero-order valence-corrected chi connectivity index (χ0v) is 87.0. The third kappa shape index (κ3) is 39.5. The molecule has 0 aliphatic heterocycles. The Hall–Kier alpha value is -9.56. The van der Waals surface area contributed by atoms with Crippen LogP contribution in [0.3, 0.4) is 0 Å². The van der Waals surface area contributed by atoms with E-state index < -0.39 is 145 Å². The SMILES string of the molecule is Cc1ccc(NC(=O)c2nn(C(C)OP(=O)(O)O)nc2Br)c(Cl)c1.Cc1ccc(NC(=O)c2nn(C(C)OP(=O)(O)O)nc2Br)c(F)c1.Cc1ccc(NC(=O)c2nn(C(C)OP(=O)(O)O)nc2Cl)c(F)c1.Cc1ccc(NC(=O)c2nn(COP(=O)(O)O)nc2Br)c(Cl)c1.Cc1ccc(NC(=O)c2nn(COP(=O)(O)O)nc2Br)c(F)c1.Cc1ccc(NC(=O)c2nn(COP(=O)(O)O)nc2Cl)c(F)c1. The van der Waals surface area contributed by atoms with Gasteiger partial charge in [-0.25, -0.2) is 45.0 Å². The minimum absolute atomic E-state index is 0.00804. The first kappa shape index (κ1) is 118. The Morgan fingerprint density at radius 2 is 0.511 bits per heavy atom. The second-order valence-electron chi connectivity index (χ2n) is 27.6. The number of nitrogens with zero attached hydrogens (tertiary/aromatic N) is 18. The molecule has 0 aliphatic carbocycles. The number of hydrogen-bond donors (Lipinski definition) is 18. The summed E-state index contributed by atoms with van der Waals surface area (Å²) in [6, 6.07) is 27.2. The third-order valence-corrected chi connectivity index (χ3v) is 22.4. The highest BCUT2D eigenvalue weighted by atomic mass is 79.9. The van der Waals surface area contributed by atoms with E-state index in [1.807, 2.05) is 13.8 Å². The summed E-state index contributed by atoms with van der Waals surface area (Å²) < 4.78 is 145. The van der Waals surface area contributed by atoms with Crippen molar-refractivity contribution < 1.29 is 160 Å². The van der Waals surface area contributed by atoms with E-state index in [9.17, 15) is 73.7 Å². The molecule has 6 amide bonds. The number of benzene rings is 6. The van der Waals surface area contributed by atoms with Crippen LogP contribution >= 0.6 is 157 Å². The van der Waals surface area contributed by atoms with E-state index in [0.29, 0.717) is 48.5 Å². The number of amides is 6. The summed E-state index contributed by atoms with van der Waals surface area (Å²) in [7, 11) is -28.3. The maximum Gasteiger partial charge on any atom is 0.471 e. The second-order valence-corrected chi connectivity index (χ2v) is 39.4. The highest BCUT2D eigenvalue weighted by Crippen LogP contribution is 2.44. The maximum atomic E-state index is 13.8. The lowest BCUT2D eigenvalue weighted by Crippen LogP contribution is -2.16. The van der Waals surface area contributed by atoms with E-state index in [0.717, 1.165) is 35.1 Å². The Bertz CT molecular complexity index is 6290. The third-order valence-electron chi connectivity index (χ3n) is 16.0. The van der Waals surface area contributed by atoms with Crippen molar-refractivity contribution in [2.75, 3.05) is 31.9 Å². The molecule has 18 N–H and O–H groups in total. The molecule has 3 unspecified atom stereocenters. The predicted octanol–water partition coefficient (Wildman–Crippen LogP) is 13.3. The van der Waals surface area contributed by atoms with Gasteiger partial charge in [-0.05, 0) is 232 Å². The number of halogens is 12. The predicted molar refractivity (Wildman–Crippen MR) is 499 cm³/mol. The smallest absolute Gasteiger partial charge is 0.319 e. The average molecular weight is 2440 g/mol. The number of aryl methyl sites for hydroxylation is 6. The summed E-state index contributed by atoms with van der Waals surface area (Å²) in [4.78, 5) is 182. The van der Waals surface area contributed by atoms with Crippen molar-refractivity contribution in [3.05, 3.63) is 239 Å². The van der Waals surface area contributed by atoms with Crippen LogP contribution in [0, 0.1) is 64.8 Å². The number of phosphoric ester groups is 6. The van der Waals surface area contributed by atoms with Gasteiger partial charge in [-0.15, -0.1) is 61.2 Å². The molecule has 12 rings (SSSR count). The van der Waals surface area contributed by atoms with Crippen LogP contribution in [-0.2, 0) is 74.7 Å². The van der Waals surface area contributed by atoms with Crippen LogP contribution < -0.4 is 31.9 Å². The lowest BCUT2D eigenvalue weighted by atomic mass is 10.2. The number of carbonyl (C=O) groups is 6. The molecule has 0 spiro atoms. The number of hydrogen-bond acceptors (Lipinski definition) is 30. The highest BCUT2D eigenvalue weighted by Gasteiger charge is 2.32. The molecule has 0 radical (unpaired) electrons. The molecule has 6 heterocycles. The Balaban J connectivity index is 0.000000230. The number of rotatable bonds is 30. The molecule has 3 atom stereocenters. The molecule has 0 saturated carbocycles. The summed E-state index contributed by atoms with van der Waals surface area (Å²) in [5.41, 5.74) is 3.94. The molecule has 0 aliphatic rings. The van der Waals surface area contributed by atoms with Gasteiger partial charge >= 0.3 is 46.9 Å². The summed E-state index contributed by atoms with van der Waals surface area (Å²) >= 11 is 35.7. The fourth-order valence-corrected chi connectivity index (χ4v) is 14.8. The van der Waals surface area contributed by atoms with E-state index in [4.69, 9.17) is 105 Å². The topological polar surface area (TPSA) is 759 Å². The van der Waals surface area contributed by atoms with Gasteiger partial charge in [0.2, 0.25) is 0 Å². The van der Waals surface area contributed by atoms with Crippen LogP contribution in [0.15, 0.2) is 128 Å². The van der Waals surface area contributed by atoms with Crippen molar-refractivity contribution in [3.8, 4) is 0 Å². The monoisotopic (exact) mass is 2430 g/mol. The minimum Gasteiger partial charge on any atom is -0.319 e. The van der Waals surface area contributed by atoms with Crippen molar-refractivity contribution in [1.82, 2.24) is 90.0 Å². The van der Waals surface area contributed by atoms with Crippen LogP contribution in [0.25, 0.3) is 0 Å². The van der Waals surface area contributed by atoms with Gasteiger partial charge in [-0.2, -0.15) is 28.8 Å². The average Bonchev–Trinajstić information content (AvgIpc) is 1.68. The van der Waals surface area contributed by atoms with Crippen LogP contribution in [0.2, 0.25) is 20.4 Å². The van der Waals surface area contributed by atoms with Crippen molar-refractivity contribution in [2.45, 2.75) is 101 Å². The lowest BCUT2D eigenvalue weighted by molar-refractivity contribution is 0.0749. The molecule has 0 bridgehead atoms. The van der Waals surface area contributed by atoms with Crippen molar-refractivity contribution in [3.63, 3.8) is 0 Å². The summed E-state index contributed by atoms with van der Waals surface area (Å²) in [5, 5.41) is 59.3. The van der Waals surface area contributed by atoms with Crippen LogP contribution in [-0.4, -0.2) is 184 Å². The van der Waals surface area contributed by atoms with Crippen molar-refractivity contribution >= 4 is 227 Å². The quantitative estimate of drug-likeness (QED) is 0.0147. The number of phosphoric acid groups is 6. The second kappa shape index (κ2) is 51.3. The van der Waals surface area contributed by atoms with Crippen LogP contribution in [0.4, 0.5) is 51.7 Å². The Kier molecular flexibility index (Phi) is 43.1. The van der Waals surface area contributed by atoms with E-state index in [2.05, 4.69) is 184 Å². The van der Waals surface area contributed by atoms with Gasteiger partial charge in [0, 0.05) is 0 Å². The van der Waals surface area contributed by atoms with Crippen molar-refractivity contribution in [2.24, 2.45) is 0 Å². The molecule has 72 heteroatoms. The summed E-state index contributed by atoms with van der Waals surface area (Å²) in [6.45, 7) is 12.4. The number of anilines is 6. The molecule has 6 aromatic heterocycles. The van der Waals surface area contributed by atoms with Crippen LogP contribution in [0.5, 0.6) is 0 Å². The molecule has 141 heavy (non-hydrogen) atoms. The standard InChI is InChI=1S/C12H13BrClN4O5P.C12H13BrFN4O5P.C12H13ClFN4O5P.C11H11BrClN4O5P.C11H11BrFN4O5P.C11H11ClFN4O5P/c3*1-6-3-4-9(8(14)5-6)15-12(19)10-11(13)17-18(16-10)7(2)23-24(20,21)22;3*1-6-2-3-8(7(13)4-6)14-11(18)9-10(12)16-17(15-9)5-22-23(19,20)21/h3*3-5,7H,1-2H3,(H,15,19)(H2,20,21,22);3*2-4H,5H2,1H3,(H,14,18)(H2,19,20,21). The molecule has 54 nitrogen and oxygen atoms in total. The number of carbonyl (C=O) groups excluding carboxylic acids is 6. The Morgan fingerprint density at radius 1 is 0.305 bits per heavy atom. The first-order valence-corrected chi connectivity index (χ1v) is 51.5. The summed E-state index contributed by atoms with van der Waals surface area (Å²) in [6.07, 6.45) is -3.67. The van der Waals surface area contributed by atoms with Gasteiger partial charge in [0.15, 0.2) is 102 Å². The lowest BCUT2D eigenvalue weighted by Gasteiger charge is -2.12. The normalized spacial score (nSPS) is 12.2. The molecule has 762 valence electrons. The largest absolute Gasteiger partial charge is 0.471 e. The zero-order chi connectivity index (χ0) is 106. The van der Waals surface area contributed by atoms with E-state index in [-0.39, 0.29) is 85.6 Å². The Labute approximate surface area is 842 Å². The van der Waals surface area contributed by atoms with Crippen LogP contribution in [0.1, 0.15) is 136 Å². The molecule has 0 fully saturated rings. The van der Waals surface area contributed by atoms with E-state index in [1.54, 1.807) is 88.4 Å². The zero-order valence-electron chi connectivity index (χ0n) is 72.2. The van der Waals surface area contributed by atoms with Gasteiger partial charge < -0.3 is 90.6 Å². The van der Waals surface area contributed by atoms with Gasteiger partial charge in [0.25, 0.3) is 35.4 Å². The highest BCUT2D eigenvalue weighted by molar-refractivity contribution is 9.11. The molecular weight excluding hydrogens is 2370 g/mol. The number of nitrogens with one attached hydrogen (secondary N) is 6. The fraction of sp³-hybridized carbons (Fsp3) is 0.217. The number of aromatic nitrogens is 18. The Morgan fingerprint density at radius 3 is 0.773 bits per heavy atom. The van der Waals surface area contributed by atoms with Gasteiger partial charge in [-0.1, -0.05) is 82.8 Å². The maximum absolute atomic E-state index is 13.8. The van der Waals surface area contributed by atoms with Gasteiger partial charge in [0.1, 0.15) is 23.3 Å². The molecule has 0 saturated heterocycles. The summed E-state index contributed by atoms with van der Waals surface area (Å²) in [5.74, 6) is -6.83. The van der Waals surface area contributed by atoms with Gasteiger partial charge in [0.05, 0.1) is 44.2 Å². The minimum atomic E-state index is -4.78. The fourth-order valence-electron chi connectivity index (χ4n) is 9.91. The van der Waals surface area contributed by atoms with Gasteiger partial charge in [-0.3, -0.25) is 55.9 Å². The first-order chi connectivity index (χ1) is 65.2. The van der Waals surface area contributed by atoms with E-state index in [1.165, 1.54) is 69.3 Å². The molecular formula is C69H72Br4Cl4F4N24O30P6. The first-order valence-electron chi connectivity index (χ1n) is 37.6.